The van der Waals surface area contributed by atoms with E-state index in [0.29, 0.717) is 11.3 Å². The molecule has 20 heavy (non-hydrogen) atoms. The van der Waals surface area contributed by atoms with Gasteiger partial charge in [0, 0.05) is 11.3 Å². The van der Waals surface area contributed by atoms with Gasteiger partial charge in [-0.15, -0.1) is 0 Å². The van der Waals surface area contributed by atoms with Gasteiger partial charge in [-0.1, -0.05) is 18.6 Å². The summed E-state index contributed by atoms with van der Waals surface area (Å²) in [5.74, 6) is -0.00206. The van der Waals surface area contributed by atoms with Crippen LogP contribution < -0.4 is 5.32 Å². The van der Waals surface area contributed by atoms with E-state index in [-0.39, 0.29) is 17.7 Å². The number of piperidine rings is 1. The minimum Gasteiger partial charge on any atom is -0.325 e. The fraction of sp³-hybridized carbons (Fsp3) is 0.500. The number of nitrogens with one attached hydrogen (secondary N) is 1. The maximum absolute atomic E-state index is 12.3. The minimum absolute atomic E-state index is 0.00479. The molecule has 0 spiro atoms. The van der Waals surface area contributed by atoms with Crippen molar-refractivity contribution >= 4 is 17.4 Å². The molecule has 0 radical (unpaired) electrons. The number of anilines is 1. The van der Waals surface area contributed by atoms with Crippen LogP contribution >= 0.6 is 0 Å². The second-order valence-electron chi connectivity index (χ2n) is 5.40. The van der Waals surface area contributed by atoms with Crippen molar-refractivity contribution in [3.05, 3.63) is 29.8 Å². The monoisotopic (exact) mass is 274 g/mol. The number of carbonyl (C=O) groups excluding carboxylic acids is 2. The molecule has 0 unspecified atom stereocenters. The van der Waals surface area contributed by atoms with Crippen LogP contribution in [0, 0.1) is 0 Å². The average molecular weight is 274 g/mol. The van der Waals surface area contributed by atoms with Gasteiger partial charge < -0.3 is 5.32 Å². The largest absolute Gasteiger partial charge is 0.325 e. The molecule has 0 bridgehead atoms. The second-order valence-corrected chi connectivity index (χ2v) is 5.40. The van der Waals surface area contributed by atoms with Gasteiger partial charge in [0.2, 0.25) is 5.91 Å². The van der Waals surface area contributed by atoms with Gasteiger partial charge >= 0.3 is 0 Å². The Labute approximate surface area is 120 Å². The molecule has 0 aromatic heterocycles. The summed E-state index contributed by atoms with van der Waals surface area (Å²) >= 11 is 0. The van der Waals surface area contributed by atoms with Gasteiger partial charge in [0.15, 0.2) is 5.78 Å². The van der Waals surface area contributed by atoms with Crippen LogP contribution in [-0.4, -0.2) is 35.7 Å². The van der Waals surface area contributed by atoms with Crippen molar-refractivity contribution in [2.24, 2.45) is 0 Å². The molecule has 1 atom stereocenters. The lowest BCUT2D eigenvalue weighted by atomic mass is 10.1. The topological polar surface area (TPSA) is 49.4 Å². The van der Waals surface area contributed by atoms with Crippen molar-refractivity contribution in [2.45, 2.75) is 39.2 Å². The Morgan fingerprint density at radius 3 is 2.55 bits per heavy atom. The molecule has 1 amide bonds. The summed E-state index contributed by atoms with van der Waals surface area (Å²) in [5, 5.41) is 2.90. The van der Waals surface area contributed by atoms with Crippen molar-refractivity contribution in [2.75, 3.05) is 18.4 Å². The Bertz CT molecular complexity index is 493. The number of benzene rings is 1. The van der Waals surface area contributed by atoms with Gasteiger partial charge in [-0.2, -0.15) is 0 Å². The first kappa shape index (κ1) is 14.7. The van der Waals surface area contributed by atoms with Gasteiger partial charge in [-0.25, -0.2) is 0 Å². The van der Waals surface area contributed by atoms with E-state index in [9.17, 15) is 9.59 Å². The zero-order chi connectivity index (χ0) is 14.5. The molecule has 1 aromatic rings. The average Bonchev–Trinajstić information content (AvgIpc) is 2.47. The molecule has 1 aliphatic heterocycles. The minimum atomic E-state index is -0.128. The number of amides is 1. The predicted molar refractivity (Wildman–Crippen MR) is 80.0 cm³/mol. The molecule has 1 aliphatic rings. The number of hydrogen-bond acceptors (Lipinski definition) is 3. The van der Waals surface area contributed by atoms with Crippen LogP contribution in [-0.2, 0) is 4.79 Å². The quantitative estimate of drug-likeness (QED) is 0.859. The van der Waals surface area contributed by atoms with Gasteiger partial charge in [0.1, 0.15) is 0 Å². The van der Waals surface area contributed by atoms with Crippen molar-refractivity contribution in [1.29, 1.82) is 0 Å². The zero-order valence-corrected chi connectivity index (χ0v) is 12.2. The summed E-state index contributed by atoms with van der Waals surface area (Å²) in [7, 11) is 0. The number of Topliss-reactive ketones (excluding diaryl/α,β-unsaturated/α-hetero) is 1. The molecule has 0 saturated carbocycles. The van der Waals surface area contributed by atoms with Gasteiger partial charge in [0.25, 0.3) is 0 Å². The molecular weight excluding hydrogens is 252 g/mol. The third kappa shape index (κ3) is 3.67. The van der Waals surface area contributed by atoms with Crippen LogP contribution in [0.15, 0.2) is 24.3 Å². The van der Waals surface area contributed by atoms with E-state index in [1.54, 1.807) is 18.2 Å². The van der Waals surface area contributed by atoms with Crippen LogP contribution in [0.1, 0.15) is 43.5 Å². The number of hydrogen-bond donors (Lipinski definition) is 1. The first-order chi connectivity index (χ1) is 9.58. The summed E-state index contributed by atoms with van der Waals surface area (Å²) in [5.41, 5.74) is 1.31. The summed E-state index contributed by atoms with van der Waals surface area (Å²) < 4.78 is 0. The highest BCUT2D eigenvalue weighted by Crippen LogP contribution is 2.15. The van der Waals surface area contributed by atoms with E-state index in [1.807, 2.05) is 13.0 Å². The highest BCUT2D eigenvalue weighted by molar-refractivity contribution is 5.98. The van der Waals surface area contributed by atoms with Gasteiger partial charge in [0.05, 0.1) is 6.04 Å². The third-order valence-electron chi connectivity index (χ3n) is 3.85. The lowest BCUT2D eigenvalue weighted by Crippen LogP contribution is -2.44. The lowest BCUT2D eigenvalue weighted by molar-refractivity contribution is -0.121. The fourth-order valence-corrected chi connectivity index (χ4v) is 2.53. The molecule has 108 valence electrons. The molecule has 1 saturated heterocycles. The van der Waals surface area contributed by atoms with Gasteiger partial charge in [-0.05, 0) is 51.9 Å². The van der Waals surface area contributed by atoms with Gasteiger partial charge in [-0.3, -0.25) is 14.5 Å². The van der Waals surface area contributed by atoms with E-state index < -0.39 is 0 Å². The van der Waals surface area contributed by atoms with Crippen molar-refractivity contribution < 1.29 is 9.59 Å². The van der Waals surface area contributed by atoms with E-state index in [1.165, 1.54) is 13.3 Å². The molecule has 4 heteroatoms. The summed E-state index contributed by atoms with van der Waals surface area (Å²) in [4.78, 5) is 25.8. The Morgan fingerprint density at radius 2 is 1.90 bits per heavy atom. The summed E-state index contributed by atoms with van der Waals surface area (Å²) in [6.45, 7) is 5.44. The molecular formula is C16H22N2O2. The fourth-order valence-electron chi connectivity index (χ4n) is 2.53. The first-order valence-corrected chi connectivity index (χ1v) is 7.24. The number of nitrogens with zero attached hydrogens (tertiary/aromatic N) is 1. The number of carbonyl (C=O) groups is 2. The van der Waals surface area contributed by atoms with Crippen LogP contribution in [0.2, 0.25) is 0 Å². The van der Waals surface area contributed by atoms with Crippen LogP contribution in [0.25, 0.3) is 0 Å². The van der Waals surface area contributed by atoms with E-state index in [0.717, 1.165) is 25.9 Å². The maximum atomic E-state index is 12.3. The molecule has 1 aromatic carbocycles. The first-order valence-electron chi connectivity index (χ1n) is 7.24. The highest BCUT2D eigenvalue weighted by atomic mass is 16.2. The van der Waals surface area contributed by atoms with Crippen LogP contribution in [0.3, 0.4) is 0 Å². The van der Waals surface area contributed by atoms with Crippen LogP contribution in [0.5, 0.6) is 0 Å². The summed E-state index contributed by atoms with van der Waals surface area (Å²) in [6, 6.07) is 6.96. The number of likely N-dealkylation sites (tertiary alicyclic amines) is 1. The van der Waals surface area contributed by atoms with E-state index >= 15 is 0 Å². The second kappa shape index (κ2) is 6.66. The Hall–Kier alpha value is -1.68. The summed E-state index contributed by atoms with van der Waals surface area (Å²) in [6.07, 6.45) is 3.58. The number of ketones is 1. The molecule has 1 fully saturated rings. The van der Waals surface area contributed by atoms with Crippen molar-refractivity contribution in [3.63, 3.8) is 0 Å². The smallest absolute Gasteiger partial charge is 0.241 e. The van der Waals surface area contributed by atoms with Crippen LogP contribution in [0.4, 0.5) is 5.69 Å². The highest BCUT2D eigenvalue weighted by Gasteiger charge is 2.22. The third-order valence-corrected chi connectivity index (χ3v) is 3.85. The number of rotatable bonds is 4. The maximum Gasteiger partial charge on any atom is 0.241 e. The molecule has 1 heterocycles. The Kier molecular flexibility index (Phi) is 4.90. The Morgan fingerprint density at radius 1 is 1.20 bits per heavy atom. The zero-order valence-electron chi connectivity index (χ0n) is 12.2. The molecule has 1 N–H and O–H groups in total. The molecule has 0 aliphatic carbocycles. The van der Waals surface area contributed by atoms with E-state index in [4.69, 9.17) is 0 Å². The van der Waals surface area contributed by atoms with Crippen molar-refractivity contribution in [3.8, 4) is 0 Å². The molecule has 4 nitrogen and oxygen atoms in total. The molecule has 2 rings (SSSR count). The lowest BCUT2D eigenvalue weighted by Gasteiger charge is -2.31. The van der Waals surface area contributed by atoms with E-state index in [2.05, 4.69) is 10.2 Å². The van der Waals surface area contributed by atoms with Crippen molar-refractivity contribution in [1.82, 2.24) is 4.90 Å². The predicted octanol–water partition coefficient (Wildman–Crippen LogP) is 2.70. The Balaban J connectivity index is 1.99. The standard InChI is InChI=1S/C16H22N2O2/c1-12(18-9-4-3-5-10-18)16(20)17-15-8-6-7-14(11-15)13(2)19/h6-8,11-12H,3-5,9-10H2,1-2H3,(H,17,20)/t12-/m1/s1. The normalized spacial score (nSPS) is 17.5. The SMILES string of the molecule is CC(=O)c1cccc(NC(=O)[C@@H](C)N2CCCCC2)c1.